The highest BCUT2D eigenvalue weighted by molar-refractivity contribution is 6.37. The standard InChI is InChI=1S/C13H9Cl2N3O2/c1-6-8(2-3-19-6)12-17-13(20-18-12)9-4-7(14)5-10(15)11(9)16/h2-5H,16H2,1H3. The molecule has 2 heterocycles. The number of nitrogens with two attached hydrogens (primary N) is 1. The summed E-state index contributed by atoms with van der Waals surface area (Å²) >= 11 is 11.9. The first-order chi connectivity index (χ1) is 9.56. The molecule has 0 bridgehead atoms. The second-order valence-electron chi connectivity index (χ2n) is 4.16. The first-order valence-corrected chi connectivity index (χ1v) is 6.45. The fourth-order valence-corrected chi connectivity index (χ4v) is 2.31. The van der Waals surface area contributed by atoms with Crippen LogP contribution in [0.3, 0.4) is 0 Å². The van der Waals surface area contributed by atoms with Gasteiger partial charge in [-0.25, -0.2) is 0 Å². The van der Waals surface area contributed by atoms with Crippen molar-refractivity contribution in [1.29, 1.82) is 0 Å². The lowest BCUT2D eigenvalue weighted by atomic mass is 10.2. The predicted molar refractivity (Wildman–Crippen MR) is 76.6 cm³/mol. The van der Waals surface area contributed by atoms with Gasteiger partial charge in [0.15, 0.2) is 0 Å². The van der Waals surface area contributed by atoms with Crippen molar-refractivity contribution >= 4 is 28.9 Å². The van der Waals surface area contributed by atoms with Crippen LogP contribution in [0.5, 0.6) is 0 Å². The van der Waals surface area contributed by atoms with Gasteiger partial charge in [-0.15, -0.1) is 0 Å². The van der Waals surface area contributed by atoms with Crippen LogP contribution in [0.4, 0.5) is 5.69 Å². The summed E-state index contributed by atoms with van der Waals surface area (Å²) in [4.78, 5) is 4.29. The maximum absolute atomic E-state index is 5.99. The Bertz CT molecular complexity index is 780. The number of nitrogens with zero attached hydrogens (tertiary/aromatic N) is 2. The van der Waals surface area contributed by atoms with Crippen molar-refractivity contribution in [3.63, 3.8) is 0 Å². The number of aryl methyl sites for hydroxylation is 1. The van der Waals surface area contributed by atoms with Gasteiger partial charge in [0, 0.05) is 5.02 Å². The molecule has 0 aliphatic heterocycles. The lowest BCUT2D eigenvalue weighted by Crippen LogP contribution is -1.92. The minimum atomic E-state index is 0.252. The quantitative estimate of drug-likeness (QED) is 0.718. The molecule has 1 aromatic carbocycles. The SMILES string of the molecule is Cc1occc1-c1noc(-c2cc(Cl)cc(Cl)c2N)n1. The molecule has 20 heavy (non-hydrogen) atoms. The second-order valence-corrected chi connectivity index (χ2v) is 5.01. The summed E-state index contributed by atoms with van der Waals surface area (Å²) in [5.41, 5.74) is 7.51. The minimum Gasteiger partial charge on any atom is -0.469 e. The van der Waals surface area contributed by atoms with Crippen molar-refractivity contribution in [1.82, 2.24) is 10.1 Å². The number of furan rings is 1. The summed E-state index contributed by atoms with van der Waals surface area (Å²) in [6, 6.07) is 4.94. The van der Waals surface area contributed by atoms with E-state index in [-0.39, 0.29) is 5.89 Å². The smallest absolute Gasteiger partial charge is 0.260 e. The molecule has 0 atom stereocenters. The van der Waals surface area contributed by atoms with E-state index in [9.17, 15) is 0 Å². The fraction of sp³-hybridized carbons (Fsp3) is 0.0769. The van der Waals surface area contributed by atoms with Gasteiger partial charge in [-0.05, 0) is 25.1 Å². The van der Waals surface area contributed by atoms with Crippen molar-refractivity contribution in [2.45, 2.75) is 6.92 Å². The summed E-state index contributed by atoms with van der Waals surface area (Å²) in [6.07, 6.45) is 1.56. The number of nitrogen functional groups attached to an aromatic ring is 1. The Hall–Kier alpha value is -1.98. The summed E-state index contributed by atoms with van der Waals surface area (Å²) in [5.74, 6) is 1.37. The van der Waals surface area contributed by atoms with Crippen molar-refractivity contribution < 1.29 is 8.94 Å². The van der Waals surface area contributed by atoms with Crippen LogP contribution in [-0.2, 0) is 0 Å². The van der Waals surface area contributed by atoms with E-state index < -0.39 is 0 Å². The third-order valence-electron chi connectivity index (χ3n) is 2.85. The van der Waals surface area contributed by atoms with Gasteiger partial charge in [0.05, 0.1) is 28.1 Å². The van der Waals surface area contributed by atoms with Gasteiger partial charge in [0.2, 0.25) is 5.82 Å². The van der Waals surface area contributed by atoms with Gasteiger partial charge in [0.25, 0.3) is 5.89 Å². The molecule has 0 spiro atoms. The molecule has 0 amide bonds. The van der Waals surface area contributed by atoms with Gasteiger partial charge in [-0.2, -0.15) is 4.98 Å². The molecule has 0 saturated heterocycles. The van der Waals surface area contributed by atoms with E-state index in [0.29, 0.717) is 32.9 Å². The normalized spacial score (nSPS) is 10.9. The molecule has 2 N–H and O–H groups in total. The summed E-state index contributed by atoms with van der Waals surface area (Å²) in [5, 5.41) is 4.69. The first-order valence-electron chi connectivity index (χ1n) is 5.69. The lowest BCUT2D eigenvalue weighted by molar-refractivity contribution is 0.432. The molecule has 0 aliphatic rings. The average molecular weight is 310 g/mol. The lowest BCUT2D eigenvalue weighted by Gasteiger charge is -2.03. The largest absolute Gasteiger partial charge is 0.469 e. The van der Waals surface area contributed by atoms with Crippen LogP contribution in [0.1, 0.15) is 5.76 Å². The summed E-state index contributed by atoms with van der Waals surface area (Å²) in [6.45, 7) is 1.82. The van der Waals surface area contributed by atoms with E-state index in [1.807, 2.05) is 6.92 Å². The van der Waals surface area contributed by atoms with E-state index in [0.717, 1.165) is 5.56 Å². The van der Waals surface area contributed by atoms with Gasteiger partial charge in [-0.3, -0.25) is 0 Å². The van der Waals surface area contributed by atoms with E-state index in [1.54, 1.807) is 24.5 Å². The van der Waals surface area contributed by atoms with Crippen LogP contribution >= 0.6 is 23.2 Å². The van der Waals surface area contributed by atoms with E-state index >= 15 is 0 Å². The topological polar surface area (TPSA) is 78.1 Å². The number of aromatic nitrogens is 2. The maximum atomic E-state index is 5.99. The number of anilines is 1. The summed E-state index contributed by atoms with van der Waals surface area (Å²) in [7, 11) is 0. The molecular formula is C13H9Cl2N3O2. The van der Waals surface area contributed by atoms with Crippen molar-refractivity contribution in [3.8, 4) is 22.8 Å². The molecule has 2 aromatic heterocycles. The Morgan fingerprint density at radius 1 is 1.20 bits per heavy atom. The van der Waals surface area contributed by atoms with Crippen molar-refractivity contribution in [2.75, 3.05) is 5.73 Å². The highest BCUT2D eigenvalue weighted by Crippen LogP contribution is 2.35. The zero-order valence-electron chi connectivity index (χ0n) is 10.4. The Morgan fingerprint density at radius 2 is 2.00 bits per heavy atom. The zero-order chi connectivity index (χ0) is 14.3. The van der Waals surface area contributed by atoms with Crippen molar-refractivity contribution in [2.24, 2.45) is 0 Å². The Labute approximate surface area is 124 Å². The molecule has 0 aliphatic carbocycles. The maximum Gasteiger partial charge on any atom is 0.260 e. The van der Waals surface area contributed by atoms with Crippen LogP contribution in [-0.4, -0.2) is 10.1 Å². The number of hydrogen-bond acceptors (Lipinski definition) is 5. The fourth-order valence-electron chi connectivity index (χ4n) is 1.82. The molecule has 0 radical (unpaired) electrons. The molecule has 3 rings (SSSR count). The molecule has 5 nitrogen and oxygen atoms in total. The number of hydrogen-bond donors (Lipinski definition) is 1. The minimum absolute atomic E-state index is 0.252. The van der Waals surface area contributed by atoms with Crippen LogP contribution in [0.25, 0.3) is 22.8 Å². The van der Waals surface area contributed by atoms with Gasteiger partial charge in [0.1, 0.15) is 5.76 Å². The molecule has 7 heteroatoms. The van der Waals surface area contributed by atoms with E-state index in [1.165, 1.54) is 0 Å². The van der Waals surface area contributed by atoms with Crippen molar-refractivity contribution in [3.05, 3.63) is 40.3 Å². The van der Waals surface area contributed by atoms with E-state index in [4.69, 9.17) is 37.9 Å². The van der Waals surface area contributed by atoms with Crippen LogP contribution in [0.2, 0.25) is 10.0 Å². The monoisotopic (exact) mass is 309 g/mol. The molecule has 0 fully saturated rings. The van der Waals surface area contributed by atoms with Crippen LogP contribution in [0, 0.1) is 6.92 Å². The predicted octanol–water partition coefficient (Wildman–Crippen LogP) is 4.19. The van der Waals surface area contributed by atoms with Crippen LogP contribution < -0.4 is 5.73 Å². The number of halogens is 2. The van der Waals surface area contributed by atoms with E-state index in [2.05, 4.69) is 10.1 Å². The second kappa shape index (κ2) is 4.85. The van der Waals surface area contributed by atoms with Crippen LogP contribution in [0.15, 0.2) is 33.4 Å². The first kappa shape index (κ1) is 13.0. The van der Waals surface area contributed by atoms with Gasteiger partial charge >= 0.3 is 0 Å². The molecule has 3 aromatic rings. The van der Waals surface area contributed by atoms with Gasteiger partial charge < -0.3 is 14.7 Å². The molecule has 102 valence electrons. The third-order valence-corrected chi connectivity index (χ3v) is 3.38. The Balaban J connectivity index is 2.09. The number of benzene rings is 1. The zero-order valence-corrected chi connectivity index (χ0v) is 11.9. The molecular weight excluding hydrogens is 301 g/mol. The number of rotatable bonds is 2. The highest BCUT2D eigenvalue weighted by atomic mass is 35.5. The molecule has 0 saturated carbocycles. The molecule has 0 unspecified atom stereocenters. The Morgan fingerprint density at radius 3 is 2.70 bits per heavy atom. The Kier molecular flexibility index (Phi) is 3.16. The summed E-state index contributed by atoms with van der Waals surface area (Å²) < 4.78 is 10.4. The average Bonchev–Trinajstić information content (AvgIpc) is 3.02. The highest BCUT2D eigenvalue weighted by Gasteiger charge is 2.17. The van der Waals surface area contributed by atoms with Gasteiger partial charge in [-0.1, -0.05) is 28.4 Å². The third kappa shape index (κ3) is 2.15.